The lowest BCUT2D eigenvalue weighted by molar-refractivity contribution is 0.112. The second-order valence-electron chi connectivity index (χ2n) is 5.14. The van der Waals surface area contributed by atoms with Crippen molar-refractivity contribution in [2.24, 2.45) is 7.05 Å². The van der Waals surface area contributed by atoms with Gasteiger partial charge in [0.25, 0.3) is 5.56 Å². The Morgan fingerprint density at radius 2 is 2.05 bits per heavy atom. The van der Waals surface area contributed by atoms with Crippen LogP contribution in [0.3, 0.4) is 0 Å². The summed E-state index contributed by atoms with van der Waals surface area (Å²) >= 11 is 0. The summed E-state index contributed by atoms with van der Waals surface area (Å²) in [5, 5.41) is 3.14. The van der Waals surface area contributed by atoms with Crippen LogP contribution in [0.5, 0.6) is 11.5 Å². The lowest BCUT2D eigenvalue weighted by atomic mass is 10.1. The molecular weight excluding hydrogens is 284 g/mol. The summed E-state index contributed by atoms with van der Waals surface area (Å²) in [6.07, 6.45) is 0.587. The Labute approximate surface area is 127 Å². The number of aromatic nitrogens is 1. The van der Waals surface area contributed by atoms with Gasteiger partial charge < -0.3 is 19.4 Å². The van der Waals surface area contributed by atoms with E-state index in [1.54, 1.807) is 13.1 Å². The number of hydrogen-bond acceptors (Lipinski definition) is 5. The van der Waals surface area contributed by atoms with Crippen molar-refractivity contribution >= 4 is 12.0 Å². The third kappa shape index (κ3) is 2.43. The summed E-state index contributed by atoms with van der Waals surface area (Å²) in [7, 11) is 1.65. The van der Waals surface area contributed by atoms with Crippen molar-refractivity contribution in [1.29, 1.82) is 0 Å². The van der Waals surface area contributed by atoms with E-state index >= 15 is 0 Å². The van der Waals surface area contributed by atoms with Crippen LogP contribution < -0.4 is 20.3 Å². The number of aryl methyl sites for hydroxylation is 1. The molecule has 0 fully saturated rings. The van der Waals surface area contributed by atoms with Crippen molar-refractivity contribution in [2.75, 3.05) is 12.1 Å². The molecule has 1 aliphatic heterocycles. The number of pyridine rings is 1. The minimum Gasteiger partial charge on any atom is -0.454 e. The van der Waals surface area contributed by atoms with E-state index in [0.29, 0.717) is 24.3 Å². The minimum absolute atomic E-state index is 0.133. The fourth-order valence-corrected chi connectivity index (χ4v) is 2.35. The molecule has 1 aliphatic rings. The van der Waals surface area contributed by atoms with Crippen LogP contribution in [0.1, 0.15) is 21.6 Å². The summed E-state index contributed by atoms with van der Waals surface area (Å²) in [4.78, 5) is 23.2. The Morgan fingerprint density at radius 1 is 1.27 bits per heavy atom. The number of nitrogens with one attached hydrogen (secondary N) is 1. The van der Waals surface area contributed by atoms with Crippen molar-refractivity contribution in [3.63, 3.8) is 0 Å². The summed E-state index contributed by atoms with van der Waals surface area (Å²) in [5.41, 5.74) is 2.12. The Bertz CT molecular complexity index is 795. The zero-order valence-corrected chi connectivity index (χ0v) is 12.4. The van der Waals surface area contributed by atoms with E-state index in [-0.39, 0.29) is 17.9 Å². The number of aldehydes is 1. The van der Waals surface area contributed by atoms with Gasteiger partial charge in [-0.3, -0.25) is 9.59 Å². The Morgan fingerprint density at radius 3 is 2.82 bits per heavy atom. The van der Waals surface area contributed by atoms with Crippen molar-refractivity contribution in [3.8, 4) is 11.5 Å². The van der Waals surface area contributed by atoms with Gasteiger partial charge in [0.1, 0.15) is 5.56 Å². The summed E-state index contributed by atoms with van der Waals surface area (Å²) in [5.74, 6) is 1.43. The molecule has 3 rings (SSSR count). The number of carbonyl (C=O) groups excluding carboxylic acids is 1. The van der Waals surface area contributed by atoms with Gasteiger partial charge in [-0.15, -0.1) is 0 Å². The molecule has 0 amide bonds. The van der Waals surface area contributed by atoms with Crippen LogP contribution in [0.15, 0.2) is 29.1 Å². The first-order chi connectivity index (χ1) is 10.6. The highest BCUT2D eigenvalue weighted by Crippen LogP contribution is 2.32. The molecule has 2 aromatic rings. The average Bonchev–Trinajstić information content (AvgIpc) is 2.98. The molecule has 0 saturated heterocycles. The van der Waals surface area contributed by atoms with Crippen molar-refractivity contribution in [3.05, 3.63) is 51.4 Å². The van der Waals surface area contributed by atoms with Crippen LogP contribution >= 0.6 is 0 Å². The molecule has 1 N–H and O–H groups in total. The third-order valence-corrected chi connectivity index (χ3v) is 3.75. The van der Waals surface area contributed by atoms with E-state index in [1.807, 2.05) is 25.1 Å². The molecular formula is C16H16N2O4. The van der Waals surface area contributed by atoms with Gasteiger partial charge in [0.2, 0.25) is 6.79 Å². The molecule has 22 heavy (non-hydrogen) atoms. The molecule has 1 aromatic carbocycles. The zero-order valence-electron chi connectivity index (χ0n) is 12.4. The molecule has 2 heterocycles. The first kappa shape index (κ1) is 14.2. The molecule has 0 spiro atoms. The van der Waals surface area contributed by atoms with Crippen molar-refractivity contribution in [1.82, 2.24) is 4.57 Å². The summed E-state index contributed by atoms with van der Waals surface area (Å²) in [6, 6.07) is 7.42. The van der Waals surface area contributed by atoms with Gasteiger partial charge in [0.05, 0.1) is 5.69 Å². The molecule has 0 aliphatic carbocycles. The van der Waals surface area contributed by atoms with Crippen molar-refractivity contribution in [2.45, 2.75) is 13.5 Å². The SMILES string of the molecule is Cc1cc(NCc2ccc3c(c2)OCO3)c(C=O)c(=O)n1C. The van der Waals surface area contributed by atoms with Gasteiger partial charge in [-0.2, -0.15) is 0 Å². The molecule has 0 atom stereocenters. The van der Waals surface area contributed by atoms with E-state index in [9.17, 15) is 9.59 Å². The van der Waals surface area contributed by atoms with Gasteiger partial charge in [-0.25, -0.2) is 0 Å². The van der Waals surface area contributed by atoms with E-state index < -0.39 is 0 Å². The average molecular weight is 300 g/mol. The monoisotopic (exact) mass is 300 g/mol. The van der Waals surface area contributed by atoms with Gasteiger partial charge in [0.15, 0.2) is 17.8 Å². The highest BCUT2D eigenvalue weighted by molar-refractivity contribution is 5.83. The predicted molar refractivity (Wildman–Crippen MR) is 81.7 cm³/mol. The van der Waals surface area contributed by atoms with Crippen LogP contribution in [0.25, 0.3) is 0 Å². The third-order valence-electron chi connectivity index (χ3n) is 3.75. The second-order valence-corrected chi connectivity index (χ2v) is 5.14. The zero-order chi connectivity index (χ0) is 15.7. The van der Waals surface area contributed by atoms with Crippen LogP contribution in [-0.2, 0) is 13.6 Å². The number of nitrogens with zero attached hydrogens (tertiary/aromatic N) is 1. The molecule has 0 bridgehead atoms. The van der Waals surface area contributed by atoms with Gasteiger partial charge >= 0.3 is 0 Å². The van der Waals surface area contributed by atoms with Crippen LogP contribution in [0.2, 0.25) is 0 Å². The number of carbonyl (C=O) groups is 1. The lowest BCUT2D eigenvalue weighted by Gasteiger charge is -2.12. The Balaban J connectivity index is 1.85. The number of anilines is 1. The Kier molecular flexibility index (Phi) is 3.58. The smallest absolute Gasteiger partial charge is 0.263 e. The first-order valence-electron chi connectivity index (χ1n) is 6.88. The van der Waals surface area contributed by atoms with Crippen molar-refractivity contribution < 1.29 is 14.3 Å². The highest BCUT2D eigenvalue weighted by atomic mass is 16.7. The molecule has 6 heteroatoms. The molecule has 6 nitrogen and oxygen atoms in total. The lowest BCUT2D eigenvalue weighted by Crippen LogP contribution is -2.24. The first-order valence-corrected chi connectivity index (χ1v) is 6.88. The second kappa shape index (κ2) is 5.55. The van der Waals surface area contributed by atoms with Gasteiger partial charge in [0, 0.05) is 19.3 Å². The quantitative estimate of drug-likeness (QED) is 0.873. The standard InChI is InChI=1S/C16H16N2O4/c1-10-5-13(12(8-19)16(20)18(10)2)17-7-11-3-4-14-15(6-11)22-9-21-14/h3-6,8,17H,7,9H2,1-2H3. The maximum atomic E-state index is 12.1. The summed E-state index contributed by atoms with van der Waals surface area (Å²) in [6.45, 7) is 2.53. The van der Waals surface area contributed by atoms with Gasteiger partial charge in [-0.1, -0.05) is 6.07 Å². The highest BCUT2D eigenvalue weighted by Gasteiger charge is 2.14. The predicted octanol–water partition coefficient (Wildman–Crippen LogP) is 1.85. The maximum absolute atomic E-state index is 12.1. The molecule has 114 valence electrons. The van der Waals surface area contributed by atoms with Crippen LogP contribution in [0.4, 0.5) is 5.69 Å². The molecule has 0 radical (unpaired) electrons. The molecule has 0 saturated carbocycles. The number of ether oxygens (including phenoxy) is 2. The number of rotatable bonds is 4. The van der Waals surface area contributed by atoms with Crippen LogP contribution in [0, 0.1) is 6.92 Å². The molecule has 0 unspecified atom stereocenters. The van der Waals surface area contributed by atoms with E-state index in [1.165, 1.54) is 4.57 Å². The largest absolute Gasteiger partial charge is 0.454 e. The summed E-state index contributed by atoms with van der Waals surface area (Å²) < 4.78 is 12.0. The van der Waals surface area contributed by atoms with Gasteiger partial charge in [-0.05, 0) is 30.7 Å². The van der Waals surface area contributed by atoms with Crippen LogP contribution in [-0.4, -0.2) is 17.6 Å². The maximum Gasteiger partial charge on any atom is 0.263 e. The normalized spacial score (nSPS) is 12.3. The number of fused-ring (bicyclic) bond motifs is 1. The van der Waals surface area contributed by atoms with E-state index in [2.05, 4.69) is 5.32 Å². The topological polar surface area (TPSA) is 69.6 Å². The number of benzene rings is 1. The fraction of sp³-hybridized carbons (Fsp3) is 0.250. The fourth-order valence-electron chi connectivity index (χ4n) is 2.35. The Hall–Kier alpha value is -2.76. The molecule has 1 aromatic heterocycles. The van der Waals surface area contributed by atoms with E-state index in [4.69, 9.17) is 9.47 Å². The minimum atomic E-state index is -0.303. The number of hydrogen-bond donors (Lipinski definition) is 1. The van der Waals surface area contributed by atoms with E-state index in [0.717, 1.165) is 17.0 Å².